The van der Waals surface area contributed by atoms with Gasteiger partial charge in [-0.2, -0.15) is 0 Å². The van der Waals surface area contributed by atoms with Gasteiger partial charge in [-0.15, -0.1) is 11.3 Å². The molecule has 2 nitrogen and oxygen atoms in total. The van der Waals surface area contributed by atoms with E-state index in [0.29, 0.717) is 0 Å². The van der Waals surface area contributed by atoms with E-state index >= 15 is 0 Å². The zero-order chi connectivity index (χ0) is 15.4. The van der Waals surface area contributed by atoms with Crippen LogP contribution < -0.4 is 0 Å². The molecule has 4 heteroatoms. The Bertz CT molecular complexity index is 1170. The Balaban J connectivity index is 1.80. The maximum Gasteiger partial charge on any atom is 0.137 e. The SMILES string of the molecule is Clc1ccc2oc3cc4nc(-c5ccccc5)sc4cc3c2c1. The molecular formula is C19H10ClNOS. The minimum atomic E-state index is 0.717. The van der Waals surface area contributed by atoms with E-state index < -0.39 is 0 Å². The topological polar surface area (TPSA) is 26.0 Å². The van der Waals surface area contributed by atoms with Crippen LogP contribution in [0.2, 0.25) is 5.02 Å². The lowest BCUT2D eigenvalue weighted by Crippen LogP contribution is -1.73. The summed E-state index contributed by atoms with van der Waals surface area (Å²) in [5, 5.41) is 3.87. The summed E-state index contributed by atoms with van der Waals surface area (Å²) in [7, 11) is 0. The van der Waals surface area contributed by atoms with Gasteiger partial charge in [-0.25, -0.2) is 4.98 Å². The Morgan fingerprint density at radius 2 is 1.70 bits per heavy atom. The summed E-state index contributed by atoms with van der Waals surface area (Å²) in [4.78, 5) is 4.75. The molecule has 0 aliphatic rings. The molecule has 0 saturated heterocycles. The minimum Gasteiger partial charge on any atom is -0.456 e. The quantitative estimate of drug-likeness (QED) is 0.348. The molecule has 0 aliphatic heterocycles. The van der Waals surface area contributed by atoms with E-state index in [0.717, 1.165) is 47.7 Å². The van der Waals surface area contributed by atoms with Gasteiger partial charge in [-0.1, -0.05) is 41.9 Å². The lowest BCUT2D eigenvalue weighted by molar-refractivity contribution is 0.669. The number of aromatic nitrogens is 1. The molecule has 0 spiro atoms. The summed E-state index contributed by atoms with van der Waals surface area (Å²) in [5.41, 5.74) is 3.80. The van der Waals surface area contributed by atoms with Crippen LogP contribution in [0.1, 0.15) is 0 Å². The first-order valence-electron chi connectivity index (χ1n) is 7.26. The molecule has 0 aliphatic carbocycles. The number of hydrogen-bond acceptors (Lipinski definition) is 3. The van der Waals surface area contributed by atoms with Gasteiger partial charge in [-0.05, 0) is 24.3 Å². The van der Waals surface area contributed by atoms with Crippen molar-refractivity contribution in [2.45, 2.75) is 0 Å². The van der Waals surface area contributed by atoms with Gasteiger partial charge in [0, 0.05) is 27.4 Å². The van der Waals surface area contributed by atoms with E-state index in [4.69, 9.17) is 21.0 Å². The first-order chi connectivity index (χ1) is 11.3. The van der Waals surface area contributed by atoms with Crippen molar-refractivity contribution in [3.63, 3.8) is 0 Å². The van der Waals surface area contributed by atoms with Crippen LogP contribution in [0.4, 0.5) is 0 Å². The molecule has 0 amide bonds. The van der Waals surface area contributed by atoms with Crippen molar-refractivity contribution in [3.05, 3.63) is 65.7 Å². The van der Waals surface area contributed by atoms with E-state index in [1.807, 2.05) is 42.5 Å². The highest BCUT2D eigenvalue weighted by Crippen LogP contribution is 2.37. The normalized spacial score (nSPS) is 11.7. The monoisotopic (exact) mass is 335 g/mol. The summed E-state index contributed by atoms with van der Waals surface area (Å²) in [6.45, 7) is 0. The third kappa shape index (κ3) is 2.05. The van der Waals surface area contributed by atoms with E-state index in [9.17, 15) is 0 Å². The number of nitrogens with zero attached hydrogens (tertiary/aromatic N) is 1. The lowest BCUT2D eigenvalue weighted by atomic mass is 10.1. The highest BCUT2D eigenvalue weighted by molar-refractivity contribution is 7.21. The largest absolute Gasteiger partial charge is 0.456 e. The predicted octanol–water partition coefficient (Wildman–Crippen LogP) is 6.52. The number of hydrogen-bond donors (Lipinski definition) is 0. The molecule has 3 aromatic carbocycles. The smallest absolute Gasteiger partial charge is 0.137 e. The van der Waals surface area contributed by atoms with Crippen LogP contribution in [-0.4, -0.2) is 4.98 Å². The highest BCUT2D eigenvalue weighted by Gasteiger charge is 2.12. The van der Waals surface area contributed by atoms with E-state index in [-0.39, 0.29) is 0 Å². The van der Waals surface area contributed by atoms with Gasteiger partial charge in [0.05, 0.1) is 10.2 Å². The van der Waals surface area contributed by atoms with Crippen molar-refractivity contribution in [1.29, 1.82) is 0 Å². The number of furan rings is 1. The standard InChI is InChI=1S/C19H10ClNOS/c20-12-6-7-16-13(8-12)14-9-18-15(10-17(14)22-16)21-19(23-18)11-4-2-1-3-5-11/h1-10H. The van der Waals surface area contributed by atoms with E-state index in [1.165, 1.54) is 0 Å². The predicted molar refractivity (Wildman–Crippen MR) is 97.3 cm³/mol. The van der Waals surface area contributed by atoms with Gasteiger partial charge in [0.2, 0.25) is 0 Å². The van der Waals surface area contributed by atoms with Crippen LogP contribution in [0.25, 0.3) is 42.7 Å². The Morgan fingerprint density at radius 3 is 2.57 bits per heavy atom. The first-order valence-corrected chi connectivity index (χ1v) is 8.45. The average Bonchev–Trinajstić information content (AvgIpc) is 3.14. The molecule has 2 heterocycles. The number of rotatable bonds is 1. The van der Waals surface area contributed by atoms with E-state index in [1.54, 1.807) is 11.3 Å². The van der Waals surface area contributed by atoms with Crippen LogP contribution in [0.3, 0.4) is 0 Å². The summed E-state index contributed by atoms with van der Waals surface area (Å²) in [6.07, 6.45) is 0. The Kier molecular flexibility index (Phi) is 2.75. The molecule has 0 bridgehead atoms. The van der Waals surface area contributed by atoms with Crippen molar-refractivity contribution in [3.8, 4) is 10.6 Å². The van der Waals surface area contributed by atoms with Crippen LogP contribution in [0.15, 0.2) is 65.1 Å². The van der Waals surface area contributed by atoms with Gasteiger partial charge in [-0.3, -0.25) is 0 Å². The summed E-state index contributed by atoms with van der Waals surface area (Å²) < 4.78 is 7.09. The van der Waals surface area contributed by atoms with Crippen molar-refractivity contribution >= 4 is 55.1 Å². The maximum atomic E-state index is 6.13. The number of thiazole rings is 1. The fourth-order valence-corrected chi connectivity index (χ4v) is 4.04. The molecule has 2 aromatic heterocycles. The Labute approximate surface area is 140 Å². The molecule has 0 radical (unpaired) electrons. The van der Waals surface area contributed by atoms with Crippen LogP contribution in [-0.2, 0) is 0 Å². The minimum absolute atomic E-state index is 0.717. The molecule has 0 N–H and O–H groups in total. The van der Waals surface area contributed by atoms with Crippen LogP contribution in [0.5, 0.6) is 0 Å². The average molecular weight is 336 g/mol. The summed E-state index contributed by atoms with van der Waals surface area (Å²) in [5.74, 6) is 0. The molecule has 5 aromatic rings. The fourth-order valence-electron chi connectivity index (χ4n) is 2.87. The summed E-state index contributed by atoms with van der Waals surface area (Å²) in [6, 6.07) is 20.1. The molecule has 0 fully saturated rings. The van der Waals surface area contributed by atoms with Gasteiger partial charge in [0.1, 0.15) is 16.2 Å². The van der Waals surface area contributed by atoms with Crippen molar-refractivity contribution in [2.75, 3.05) is 0 Å². The molecule has 0 unspecified atom stereocenters. The second-order valence-corrected chi connectivity index (χ2v) is 6.91. The molecule has 110 valence electrons. The van der Waals surface area contributed by atoms with Gasteiger partial charge < -0.3 is 4.42 Å². The van der Waals surface area contributed by atoms with Crippen LogP contribution in [0, 0.1) is 0 Å². The van der Waals surface area contributed by atoms with E-state index in [2.05, 4.69) is 18.2 Å². The molecule has 23 heavy (non-hydrogen) atoms. The second kappa shape index (κ2) is 4.82. The summed E-state index contributed by atoms with van der Waals surface area (Å²) >= 11 is 7.82. The zero-order valence-corrected chi connectivity index (χ0v) is 13.5. The lowest BCUT2D eigenvalue weighted by Gasteiger charge is -1.92. The fraction of sp³-hybridized carbons (Fsp3) is 0. The van der Waals surface area contributed by atoms with Crippen molar-refractivity contribution in [2.24, 2.45) is 0 Å². The van der Waals surface area contributed by atoms with Gasteiger partial charge >= 0.3 is 0 Å². The Hall–Kier alpha value is -2.36. The maximum absolute atomic E-state index is 6.13. The van der Waals surface area contributed by atoms with Crippen molar-refractivity contribution in [1.82, 2.24) is 4.98 Å². The highest BCUT2D eigenvalue weighted by atomic mass is 35.5. The van der Waals surface area contributed by atoms with Gasteiger partial charge in [0.25, 0.3) is 0 Å². The number of fused-ring (bicyclic) bond motifs is 4. The number of benzene rings is 3. The van der Waals surface area contributed by atoms with Gasteiger partial charge in [0.15, 0.2) is 0 Å². The molecule has 5 rings (SSSR count). The molecular weight excluding hydrogens is 326 g/mol. The third-order valence-electron chi connectivity index (χ3n) is 3.96. The second-order valence-electron chi connectivity index (χ2n) is 5.44. The molecule has 0 saturated carbocycles. The van der Waals surface area contributed by atoms with Crippen molar-refractivity contribution < 1.29 is 4.42 Å². The number of halogens is 1. The zero-order valence-electron chi connectivity index (χ0n) is 11.9. The Morgan fingerprint density at radius 1 is 0.870 bits per heavy atom. The van der Waals surface area contributed by atoms with Crippen LogP contribution >= 0.6 is 22.9 Å². The first kappa shape index (κ1) is 13.1. The molecule has 0 atom stereocenters. The third-order valence-corrected chi connectivity index (χ3v) is 5.26.